The normalized spacial score (nSPS) is 22.5. The van der Waals surface area contributed by atoms with Gasteiger partial charge in [-0.3, -0.25) is 9.59 Å². The van der Waals surface area contributed by atoms with Crippen LogP contribution in [0.5, 0.6) is 0 Å². The van der Waals surface area contributed by atoms with Gasteiger partial charge in [-0.25, -0.2) is 0 Å². The van der Waals surface area contributed by atoms with Gasteiger partial charge >= 0.3 is 0 Å². The molecule has 6 heteroatoms. The lowest BCUT2D eigenvalue weighted by atomic mass is 9.95. The first-order valence-electron chi connectivity index (χ1n) is 9.10. The molecule has 2 heterocycles. The van der Waals surface area contributed by atoms with Gasteiger partial charge in [0.25, 0.3) is 0 Å². The van der Waals surface area contributed by atoms with Crippen molar-refractivity contribution in [1.29, 1.82) is 0 Å². The Morgan fingerprint density at radius 2 is 1.84 bits per heavy atom. The molecule has 1 aromatic carbocycles. The molecule has 2 saturated heterocycles. The topological polar surface area (TPSA) is 75.9 Å². The molecule has 2 N–H and O–H groups in total. The second-order valence-electron chi connectivity index (χ2n) is 6.84. The SMILES string of the molecule is NC(CC(=O)N1CCCC(C(=O)N2CCOCC2)C1)c1ccccc1. The summed E-state index contributed by atoms with van der Waals surface area (Å²) in [6, 6.07) is 9.38. The number of hydrogen-bond donors (Lipinski definition) is 1. The average molecular weight is 345 g/mol. The zero-order valence-corrected chi connectivity index (χ0v) is 14.6. The molecule has 6 nitrogen and oxygen atoms in total. The minimum absolute atomic E-state index is 0.0378. The van der Waals surface area contributed by atoms with Crippen LogP contribution in [0.25, 0.3) is 0 Å². The molecular formula is C19H27N3O3. The van der Waals surface area contributed by atoms with Crippen LogP contribution in [-0.2, 0) is 14.3 Å². The van der Waals surface area contributed by atoms with Crippen LogP contribution < -0.4 is 5.73 Å². The zero-order valence-electron chi connectivity index (χ0n) is 14.6. The second-order valence-corrected chi connectivity index (χ2v) is 6.84. The molecule has 0 aromatic heterocycles. The summed E-state index contributed by atoms with van der Waals surface area (Å²) in [7, 11) is 0. The van der Waals surface area contributed by atoms with Crippen LogP contribution in [-0.4, -0.2) is 61.0 Å². The van der Waals surface area contributed by atoms with E-state index in [-0.39, 0.29) is 30.2 Å². The maximum Gasteiger partial charge on any atom is 0.227 e. The summed E-state index contributed by atoms with van der Waals surface area (Å²) in [4.78, 5) is 29.0. The Hall–Kier alpha value is -1.92. The van der Waals surface area contributed by atoms with E-state index in [2.05, 4.69) is 0 Å². The number of morpholine rings is 1. The van der Waals surface area contributed by atoms with Gasteiger partial charge in [0, 0.05) is 38.6 Å². The maximum atomic E-state index is 12.7. The zero-order chi connectivity index (χ0) is 17.6. The minimum atomic E-state index is -0.302. The van der Waals surface area contributed by atoms with E-state index < -0.39 is 0 Å². The fraction of sp³-hybridized carbons (Fsp3) is 0.579. The van der Waals surface area contributed by atoms with Gasteiger partial charge in [-0.15, -0.1) is 0 Å². The third kappa shape index (κ3) is 4.58. The Bertz CT molecular complexity index is 587. The largest absolute Gasteiger partial charge is 0.378 e. The summed E-state index contributed by atoms with van der Waals surface area (Å²) in [5.41, 5.74) is 7.14. The third-order valence-electron chi connectivity index (χ3n) is 5.07. The summed E-state index contributed by atoms with van der Waals surface area (Å²) in [6.07, 6.45) is 2.00. The molecule has 3 rings (SSSR count). The lowest BCUT2D eigenvalue weighted by Gasteiger charge is -2.36. The summed E-state index contributed by atoms with van der Waals surface area (Å²) >= 11 is 0. The lowest BCUT2D eigenvalue weighted by molar-refractivity contribution is -0.144. The monoisotopic (exact) mass is 345 g/mol. The summed E-state index contributed by atoms with van der Waals surface area (Å²) in [6.45, 7) is 3.74. The number of rotatable bonds is 4. The van der Waals surface area contributed by atoms with Crippen molar-refractivity contribution < 1.29 is 14.3 Å². The van der Waals surface area contributed by atoms with Crippen molar-refractivity contribution in [2.75, 3.05) is 39.4 Å². The number of carbonyl (C=O) groups excluding carboxylic acids is 2. The molecule has 0 bridgehead atoms. The highest BCUT2D eigenvalue weighted by Gasteiger charge is 2.32. The molecule has 1 aromatic rings. The molecule has 0 radical (unpaired) electrons. The van der Waals surface area contributed by atoms with Crippen molar-refractivity contribution in [1.82, 2.24) is 9.80 Å². The van der Waals surface area contributed by atoms with Crippen molar-refractivity contribution in [3.8, 4) is 0 Å². The van der Waals surface area contributed by atoms with Crippen molar-refractivity contribution in [3.63, 3.8) is 0 Å². The van der Waals surface area contributed by atoms with Gasteiger partial charge in [0.05, 0.1) is 19.1 Å². The van der Waals surface area contributed by atoms with E-state index in [1.54, 1.807) is 0 Å². The second kappa shape index (κ2) is 8.45. The van der Waals surface area contributed by atoms with Crippen LogP contribution in [0.1, 0.15) is 30.9 Å². The van der Waals surface area contributed by atoms with Gasteiger partial charge < -0.3 is 20.3 Å². The van der Waals surface area contributed by atoms with Crippen molar-refractivity contribution >= 4 is 11.8 Å². The van der Waals surface area contributed by atoms with Crippen LogP contribution >= 0.6 is 0 Å². The van der Waals surface area contributed by atoms with Crippen LogP contribution in [0.4, 0.5) is 0 Å². The number of piperidine rings is 1. The quantitative estimate of drug-likeness (QED) is 0.889. The Kier molecular flexibility index (Phi) is 6.04. The first kappa shape index (κ1) is 17.9. The van der Waals surface area contributed by atoms with Crippen LogP contribution in [0.2, 0.25) is 0 Å². The third-order valence-corrected chi connectivity index (χ3v) is 5.07. The smallest absolute Gasteiger partial charge is 0.227 e. The predicted molar refractivity (Wildman–Crippen MR) is 94.7 cm³/mol. The average Bonchev–Trinajstić information content (AvgIpc) is 2.68. The van der Waals surface area contributed by atoms with E-state index in [0.717, 1.165) is 18.4 Å². The van der Waals surface area contributed by atoms with E-state index >= 15 is 0 Å². The van der Waals surface area contributed by atoms with Crippen LogP contribution in [0.15, 0.2) is 30.3 Å². The van der Waals surface area contributed by atoms with E-state index in [1.165, 1.54) is 0 Å². The maximum absolute atomic E-state index is 12.7. The number of benzene rings is 1. The summed E-state index contributed by atoms with van der Waals surface area (Å²) < 4.78 is 5.31. The van der Waals surface area contributed by atoms with Gasteiger partial charge in [-0.1, -0.05) is 30.3 Å². The fourth-order valence-corrected chi connectivity index (χ4v) is 3.58. The number of ether oxygens (including phenoxy) is 1. The molecule has 2 aliphatic rings. The van der Waals surface area contributed by atoms with E-state index in [0.29, 0.717) is 39.4 Å². The molecule has 2 aliphatic heterocycles. The number of carbonyl (C=O) groups is 2. The lowest BCUT2D eigenvalue weighted by Crippen LogP contribution is -2.49. The van der Waals surface area contributed by atoms with E-state index in [9.17, 15) is 9.59 Å². The first-order valence-corrected chi connectivity index (χ1v) is 9.10. The molecule has 0 aliphatic carbocycles. The van der Waals surface area contributed by atoms with Gasteiger partial charge in [-0.05, 0) is 18.4 Å². The molecule has 2 unspecified atom stereocenters. The fourth-order valence-electron chi connectivity index (χ4n) is 3.58. The molecule has 2 amide bonds. The van der Waals surface area contributed by atoms with E-state index in [4.69, 9.17) is 10.5 Å². The molecule has 136 valence electrons. The Morgan fingerprint density at radius 1 is 1.12 bits per heavy atom. The highest BCUT2D eigenvalue weighted by atomic mass is 16.5. The van der Waals surface area contributed by atoms with Gasteiger partial charge in [0.15, 0.2) is 0 Å². The number of likely N-dealkylation sites (tertiary alicyclic amines) is 1. The molecule has 0 saturated carbocycles. The van der Waals surface area contributed by atoms with Gasteiger partial charge in [0.1, 0.15) is 0 Å². The minimum Gasteiger partial charge on any atom is -0.378 e. The summed E-state index contributed by atoms with van der Waals surface area (Å²) in [5, 5.41) is 0. The van der Waals surface area contributed by atoms with Crippen molar-refractivity contribution in [2.45, 2.75) is 25.3 Å². The standard InChI is InChI=1S/C19H27N3O3/c20-17(15-5-2-1-3-6-15)13-18(23)22-8-4-7-16(14-22)19(24)21-9-11-25-12-10-21/h1-3,5-6,16-17H,4,7-14,20H2. The predicted octanol–water partition coefficient (Wildman–Crippen LogP) is 1.17. The van der Waals surface area contributed by atoms with Crippen molar-refractivity contribution in [3.05, 3.63) is 35.9 Å². The summed E-state index contributed by atoms with van der Waals surface area (Å²) in [5.74, 6) is 0.104. The number of nitrogens with two attached hydrogens (primary N) is 1. The van der Waals surface area contributed by atoms with Gasteiger partial charge in [0.2, 0.25) is 11.8 Å². The molecule has 2 fully saturated rings. The van der Waals surface area contributed by atoms with Gasteiger partial charge in [-0.2, -0.15) is 0 Å². The van der Waals surface area contributed by atoms with E-state index in [1.807, 2.05) is 40.1 Å². The Labute approximate surface area is 148 Å². The molecule has 2 atom stereocenters. The highest BCUT2D eigenvalue weighted by Crippen LogP contribution is 2.22. The van der Waals surface area contributed by atoms with Crippen LogP contribution in [0, 0.1) is 5.92 Å². The highest BCUT2D eigenvalue weighted by molar-refractivity contribution is 5.81. The molecule has 25 heavy (non-hydrogen) atoms. The molecular weight excluding hydrogens is 318 g/mol. The van der Waals surface area contributed by atoms with Crippen molar-refractivity contribution in [2.24, 2.45) is 11.7 Å². The molecule has 0 spiro atoms. The first-order chi connectivity index (χ1) is 12.1. The number of amides is 2. The number of nitrogens with zero attached hydrogens (tertiary/aromatic N) is 2. The number of hydrogen-bond acceptors (Lipinski definition) is 4. The van der Waals surface area contributed by atoms with Crippen LogP contribution in [0.3, 0.4) is 0 Å². The Morgan fingerprint density at radius 3 is 2.56 bits per heavy atom. The Balaban J connectivity index is 1.55.